The van der Waals surface area contributed by atoms with Gasteiger partial charge in [-0.2, -0.15) is 0 Å². The lowest BCUT2D eigenvalue weighted by molar-refractivity contribution is -0.146. The van der Waals surface area contributed by atoms with Crippen molar-refractivity contribution in [2.45, 2.75) is 25.2 Å². The number of carbonyl (C=O) groups excluding carboxylic acids is 1. The van der Waals surface area contributed by atoms with E-state index in [0.717, 1.165) is 13.0 Å². The van der Waals surface area contributed by atoms with Gasteiger partial charge < -0.3 is 19.7 Å². The van der Waals surface area contributed by atoms with Crippen molar-refractivity contribution in [3.63, 3.8) is 0 Å². The molecule has 0 unspecified atom stereocenters. The second-order valence-corrected chi connectivity index (χ2v) is 5.29. The number of rotatable bonds is 6. The van der Waals surface area contributed by atoms with Crippen LogP contribution in [0.5, 0.6) is 0 Å². The number of imidazole rings is 1. The predicted molar refractivity (Wildman–Crippen MR) is 72.3 cm³/mol. The van der Waals surface area contributed by atoms with Crippen LogP contribution in [-0.2, 0) is 20.9 Å². The van der Waals surface area contributed by atoms with Crippen LogP contribution >= 0.6 is 0 Å². The molecule has 4 atom stereocenters. The number of hydrogen-bond acceptors (Lipinski definition) is 4. The number of aromatic nitrogens is 2. The molecule has 2 aliphatic heterocycles. The Bertz CT molecular complexity index is 555. The van der Waals surface area contributed by atoms with Gasteiger partial charge in [0.2, 0.25) is 5.91 Å². The van der Waals surface area contributed by atoms with Crippen LogP contribution in [0.25, 0.3) is 0 Å². The summed E-state index contributed by atoms with van der Waals surface area (Å²) in [7, 11) is 0. The van der Waals surface area contributed by atoms with E-state index in [0.29, 0.717) is 6.54 Å². The van der Waals surface area contributed by atoms with Crippen LogP contribution in [0.2, 0.25) is 0 Å². The summed E-state index contributed by atoms with van der Waals surface area (Å²) in [4.78, 5) is 27.4. The molecule has 0 spiro atoms. The average Bonchev–Trinajstić information content (AvgIpc) is 3.18. The molecule has 7 nitrogen and oxygen atoms in total. The fourth-order valence-electron chi connectivity index (χ4n) is 2.93. The highest BCUT2D eigenvalue weighted by molar-refractivity contribution is 5.87. The molecule has 7 heteroatoms. The maximum atomic E-state index is 12.2. The molecule has 1 aromatic heterocycles. The molecule has 0 aliphatic carbocycles. The molecule has 1 amide bonds. The topological polar surface area (TPSA) is 93.4 Å². The molecule has 2 N–H and O–H groups in total. The summed E-state index contributed by atoms with van der Waals surface area (Å²) in [6, 6.07) is 0. The van der Waals surface area contributed by atoms with Crippen LogP contribution in [0.15, 0.2) is 30.9 Å². The van der Waals surface area contributed by atoms with Gasteiger partial charge in [0.25, 0.3) is 0 Å². The highest BCUT2D eigenvalue weighted by Crippen LogP contribution is 2.39. The van der Waals surface area contributed by atoms with Crippen LogP contribution in [0, 0.1) is 11.8 Å². The minimum absolute atomic E-state index is 0.245. The van der Waals surface area contributed by atoms with Crippen molar-refractivity contribution in [1.29, 1.82) is 0 Å². The van der Waals surface area contributed by atoms with Crippen LogP contribution in [0.1, 0.15) is 6.42 Å². The molecule has 3 heterocycles. The van der Waals surface area contributed by atoms with Gasteiger partial charge >= 0.3 is 5.97 Å². The van der Waals surface area contributed by atoms with Crippen molar-refractivity contribution in [2.75, 3.05) is 6.54 Å². The first-order chi connectivity index (χ1) is 10.2. The Labute approximate surface area is 121 Å². The number of carboxylic acids is 1. The number of ether oxygens (including phenoxy) is 1. The van der Waals surface area contributed by atoms with Gasteiger partial charge in [-0.1, -0.05) is 12.2 Å². The van der Waals surface area contributed by atoms with E-state index in [4.69, 9.17) is 4.74 Å². The van der Waals surface area contributed by atoms with E-state index in [1.165, 1.54) is 0 Å². The van der Waals surface area contributed by atoms with E-state index < -0.39 is 30.0 Å². The summed E-state index contributed by atoms with van der Waals surface area (Å²) in [6.45, 7) is 1.26. The predicted octanol–water partition coefficient (Wildman–Crippen LogP) is 0.0436. The van der Waals surface area contributed by atoms with Gasteiger partial charge in [0, 0.05) is 25.5 Å². The zero-order valence-corrected chi connectivity index (χ0v) is 11.4. The Morgan fingerprint density at radius 2 is 2.05 bits per heavy atom. The Morgan fingerprint density at radius 3 is 2.71 bits per heavy atom. The second-order valence-electron chi connectivity index (χ2n) is 5.29. The SMILES string of the molecule is O=C(O)[C@@H]1[C@@H](C(=O)NCCCn2ccnc2)[C@@H]2C=C[C@@H]1O2. The van der Waals surface area contributed by atoms with Gasteiger partial charge in [-0.05, 0) is 6.42 Å². The van der Waals surface area contributed by atoms with E-state index in [2.05, 4.69) is 10.3 Å². The number of amides is 1. The zero-order chi connectivity index (χ0) is 14.8. The Hall–Kier alpha value is -2.15. The zero-order valence-electron chi connectivity index (χ0n) is 11.4. The summed E-state index contributed by atoms with van der Waals surface area (Å²) in [5.74, 6) is -2.64. The average molecular weight is 291 g/mol. The minimum Gasteiger partial charge on any atom is -0.481 e. The normalized spacial score (nSPS) is 29.7. The molecule has 0 aromatic carbocycles. The highest BCUT2D eigenvalue weighted by Gasteiger charge is 2.53. The first kappa shape index (κ1) is 13.8. The monoisotopic (exact) mass is 291 g/mol. The van der Waals surface area contributed by atoms with E-state index in [9.17, 15) is 14.7 Å². The quantitative estimate of drug-likeness (QED) is 0.570. The Balaban J connectivity index is 1.51. The molecule has 1 aromatic rings. The molecule has 112 valence electrons. The molecule has 1 saturated heterocycles. The fourth-order valence-corrected chi connectivity index (χ4v) is 2.93. The maximum Gasteiger partial charge on any atom is 0.310 e. The number of aliphatic carboxylic acids is 1. The third kappa shape index (κ3) is 2.69. The van der Waals surface area contributed by atoms with Gasteiger partial charge in [0.15, 0.2) is 0 Å². The second kappa shape index (κ2) is 5.69. The van der Waals surface area contributed by atoms with Gasteiger partial charge in [0.1, 0.15) is 5.92 Å². The highest BCUT2D eigenvalue weighted by atomic mass is 16.5. The molecular weight excluding hydrogens is 274 g/mol. The molecule has 2 aliphatic rings. The van der Waals surface area contributed by atoms with E-state index in [1.54, 1.807) is 24.7 Å². The number of hydrogen-bond donors (Lipinski definition) is 2. The van der Waals surface area contributed by atoms with Crippen molar-refractivity contribution in [3.8, 4) is 0 Å². The fraction of sp³-hybridized carbons (Fsp3) is 0.500. The molecule has 1 fully saturated rings. The van der Waals surface area contributed by atoms with Crippen molar-refractivity contribution >= 4 is 11.9 Å². The molecule has 3 rings (SSSR count). The number of nitrogens with zero attached hydrogens (tertiary/aromatic N) is 2. The number of carbonyl (C=O) groups is 2. The van der Waals surface area contributed by atoms with Gasteiger partial charge in [-0.3, -0.25) is 9.59 Å². The Kier molecular flexibility index (Phi) is 3.74. The lowest BCUT2D eigenvalue weighted by Gasteiger charge is -2.20. The molecule has 21 heavy (non-hydrogen) atoms. The summed E-state index contributed by atoms with van der Waals surface area (Å²) in [5, 5.41) is 12.1. The van der Waals surface area contributed by atoms with Gasteiger partial charge in [0.05, 0.1) is 24.5 Å². The maximum absolute atomic E-state index is 12.2. The summed E-state index contributed by atoms with van der Waals surface area (Å²) >= 11 is 0. The summed E-state index contributed by atoms with van der Waals surface area (Å²) < 4.78 is 7.41. The largest absolute Gasteiger partial charge is 0.481 e. The van der Waals surface area contributed by atoms with Crippen molar-refractivity contribution < 1.29 is 19.4 Å². The molecule has 0 radical (unpaired) electrons. The van der Waals surface area contributed by atoms with Crippen LogP contribution in [-0.4, -0.2) is 45.3 Å². The van der Waals surface area contributed by atoms with Crippen LogP contribution < -0.4 is 5.32 Å². The number of fused-ring (bicyclic) bond motifs is 2. The number of nitrogens with one attached hydrogen (secondary N) is 1. The first-order valence-corrected chi connectivity index (χ1v) is 6.97. The smallest absolute Gasteiger partial charge is 0.310 e. The van der Waals surface area contributed by atoms with Crippen molar-refractivity contribution in [2.24, 2.45) is 11.8 Å². The third-order valence-corrected chi connectivity index (χ3v) is 3.94. The van der Waals surface area contributed by atoms with Crippen LogP contribution in [0.3, 0.4) is 0 Å². The Morgan fingerprint density at radius 1 is 1.29 bits per heavy atom. The summed E-state index contributed by atoms with van der Waals surface area (Å²) in [5.41, 5.74) is 0. The first-order valence-electron chi connectivity index (χ1n) is 6.97. The number of aryl methyl sites for hydroxylation is 1. The number of carboxylic acid groups (broad SMARTS) is 1. The molecule has 2 bridgehead atoms. The minimum atomic E-state index is -0.981. The van der Waals surface area contributed by atoms with E-state index in [1.807, 2.05) is 10.8 Å². The van der Waals surface area contributed by atoms with Crippen LogP contribution in [0.4, 0.5) is 0 Å². The third-order valence-electron chi connectivity index (χ3n) is 3.94. The van der Waals surface area contributed by atoms with E-state index >= 15 is 0 Å². The molecule has 0 saturated carbocycles. The van der Waals surface area contributed by atoms with E-state index in [-0.39, 0.29) is 5.91 Å². The van der Waals surface area contributed by atoms with Crippen molar-refractivity contribution in [1.82, 2.24) is 14.9 Å². The lowest BCUT2D eigenvalue weighted by atomic mass is 9.82. The van der Waals surface area contributed by atoms with Crippen molar-refractivity contribution in [3.05, 3.63) is 30.9 Å². The summed E-state index contributed by atoms with van der Waals surface area (Å²) in [6.07, 6.45) is 8.66. The van der Waals surface area contributed by atoms with Gasteiger partial charge in [-0.15, -0.1) is 0 Å². The standard InChI is InChI=1S/C14H17N3O4/c18-13(16-4-1-6-17-7-5-15-8-17)11-9-2-3-10(21-9)12(11)14(19)20/h2-3,5,7-12H,1,4,6H2,(H,16,18)(H,19,20)/t9-,10-,11-,12-/m0/s1. The van der Waals surface area contributed by atoms with Gasteiger partial charge in [-0.25, -0.2) is 4.98 Å². The lowest BCUT2D eigenvalue weighted by Crippen LogP contribution is -2.42. The molecular formula is C14H17N3O4.